The van der Waals surface area contributed by atoms with Crippen LogP contribution < -0.4 is 16.0 Å². The molecule has 1 amide bonds. The lowest BCUT2D eigenvalue weighted by Crippen LogP contribution is -2.37. The van der Waals surface area contributed by atoms with Gasteiger partial charge in [0.05, 0.1) is 0 Å². The van der Waals surface area contributed by atoms with Gasteiger partial charge >= 0.3 is 0 Å². The highest BCUT2D eigenvalue weighted by Gasteiger charge is 2.14. The molecule has 0 aliphatic carbocycles. The van der Waals surface area contributed by atoms with Crippen molar-refractivity contribution in [3.05, 3.63) is 11.9 Å². The van der Waals surface area contributed by atoms with E-state index in [1.165, 1.54) is 6.33 Å². The van der Waals surface area contributed by atoms with Gasteiger partial charge in [0.2, 0.25) is 5.91 Å². The standard InChI is InChI=1S/C11H19N5O/c1-5-13-11(17)8(3)16-10-7(2)9(12-4)14-6-15-10/h6,8H,5H2,1-4H3,(H,13,17)(H2,12,14,15,16). The summed E-state index contributed by atoms with van der Waals surface area (Å²) in [5.74, 6) is 1.38. The van der Waals surface area contributed by atoms with Crippen LogP contribution in [0.4, 0.5) is 11.6 Å². The third kappa shape index (κ3) is 3.30. The minimum Gasteiger partial charge on any atom is -0.373 e. The largest absolute Gasteiger partial charge is 0.373 e. The Labute approximate surface area is 101 Å². The van der Waals surface area contributed by atoms with Gasteiger partial charge in [0.1, 0.15) is 24.0 Å². The van der Waals surface area contributed by atoms with Crippen LogP contribution in [-0.4, -0.2) is 35.5 Å². The van der Waals surface area contributed by atoms with Crippen molar-refractivity contribution in [1.29, 1.82) is 0 Å². The number of hydrogen-bond acceptors (Lipinski definition) is 5. The molecule has 3 N–H and O–H groups in total. The number of carbonyl (C=O) groups is 1. The lowest BCUT2D eigenvalue weighted by molar-refractivity contribution is -0.121. The van der Waals surface area contributed by atoms with Gasteiger partial charge in [-0.15, -0.1) is 0 Å². The van der Waals surface area contributed by atoms with E-state index in [4.69, 9.17) is 0 Å². The van der Waals surface area contributed by atoms with Crippen molar-refractivity contribution in [3.8, 4) is 0 Å². The van der Waals surface area contributed by atoms with Crippen molar-refractivity contribution in [2.75, 3.05) is 24.2 Å². The summed E-state index contributed by atoms with van der Waals surface area (Å²) in [6, 6.07) is -0.326. The Kier molecular flexibility index (Phi) is 4.68. The number of hydrogen-bond donors (Lipinski definition) is 3. The van der Waals surface area contributed by atoms with Gasteiger partial charge in [0, 0.05) is 19.2 Å². The number of carbonyl (C=O) groups excluding carboxylic acids is 1. The zero-order chi connectivity index (χ0) is 12.8. The minimum absolute atomic E-state index is 0.0449. The van der Waals surface area contributed by atoms with Crippen LogP contribution >= 0.6 is 0 Å². The van der Waals surface area contributed by atoms with E-state index in [9.17, 15) is 4.79 Å². The molecule has 0 radical (unpaired) electrons. The molecule has 1 unspecified atom stereocenters. The monoisotopic (exact) mass is 237 g/mol. The van der Waals surface area contributed by atoms with Gasteiger partial charge in [0.15, 0.2) is 0 Å². The zero-order valence-corrected chi connectivity index (χ0v) is 10.7. The summed E-state index contributed by atoms with van der Waals surface area (Å²) in [4.78, 5) is 19.8. The molecule has 94 valence electrons. The van der Waals surface area contributed by atoms with Crippen LogP contribution in [0.1, 0.15) is 19.4 Å². The summed E-state index contributed by atoms with van der Waals surface area (Å²) in [5, 5.41) is 8.79. The lowest BCUT2D eigenvalue weighted by atomic mass is 10.2. The highest BCUT2D eigenvalue weighted by Crippen LogP contribution is 2.17. The summed E-state index contributed by atoms with van der Waals surface area (Å²) in [7, 11) is 1.80. The predicted octanol–water partition coefficient (Wildman–Crippen LogP) is 0.763. The van der Waals surface area contributed by atoms with E-state index in [1.54, 1.807) is 14.0 Å². The molecule has 6 heteroatoms. The molecule has 0 aliphatic rings. The topological polar surface area (TPSA) is 78.9 Å². The number of aromatic nitrogens is 2. The number of nitrogens with one attached hydrogen (secondary N) is 3. The molecule has 6 nitrogen and oxygen atoms in total. The average Bonchev–Trinajstić information content (AvgIpc) is 2.32. The second-order valence-corrected chi connectivity index (χ2v) is 3.71. The van der Waals surface area contributed by atoms with Gasteiger partial charge in [-0.2, -0.15) is 0 Å². The van der Waals surface area contributed by atoms with E-state index in [2.05, 4.69) is 25.9 Å². The van der Waals surface area contributed by atoms with Gasteiger partial charge < -0.3 is 16.0 Å². The Morgan fingerprint density at radius 2 is 2.06 bits per heavy atom. The predicted molar refractivity (Wildman–Crippen MR) is 68.1 cm³/mol. The van der Waals surface area contributed by atoms with Crippen molar-refractivity contribution in [3.63, 3.8) is 0 Å². The molecule has 1 atom stereocenters. The molecule has 1 heterocycles. The van der Waals surface area contributed by atoms with E-state index < -0.39 is 0 Å². The first-order chi connectivity index (χ1) is 8.10. The number of rotatable bonds is 5. The summed E-state index contributed by atoms with van der Waals surface area (Å²) in [6.45, 7) is 6.21. The van der Waals surface area contributed by atoms with Crippen LogP contribution in [0.3, 0.4) is 0 Å². The highest BCUT2D eigenvalue weighted by atomic mass is 16.2. The molecule has 0 fully saturated rings. The third-order valence-corrected chi connectivity index (χ3v) is 2.42. The lowest BCUT2D eigenvalue weighted by Gasteiger charge is -2.16. The van der Waals surface area contributed by atoms with E-state index in [1.807, 2.05) is 13.8 Å². The van der Waals surface area contributed by atoms with Crippen molar-refractivity contribution >= 4 is 17.5 Å². The molecule has 0 aromatic carbocycles. The number of anilines is 2. The van der Waals surface area contributed by atoms with Crippen LogP contribution in [-0.2, 0) is 4.79 Å². The fraction of sp³-hybridized carbons (Fsp3) is 0.545. The van der Waals surface area contributed by atoms with E-state index in [-0.39, 0.29) is 11.9 Å². The van der Waals surface area contributed by atoms with Crippen LogP contribution in [0.15, 0.2) is 6.33 Å². The molecule has 17 heavy (non-hydrogen) atoms. The van der Waals surface area contributed by atoms with Gasteiger partial charge in [0.25, 0.3) is 0 Å². The fourth-order valence-electron chi connectivity index (χ4n) is 1.45. The van der Waals surface area contributed by atoms with Gasteiger partial charge in [-0.25, -0.2) is 9.97 Å². The maximum absolute atomic E-state index is 11.6. The van der Waals surface area contributed by atoms with Crippen LogP contribution in [0.2, 0.25) is 0 Å². The molecule has 0 saturated heterocycles. The second kappa shape index (κ2) is 6.03. The van der Waals surface area contributed by atoms with E-state index >= 15 is 0 Å². The van der Waals surface area contributed by atoms with E-state index in [0.29, 0.717) is 12.4 Å². The molecule has 0 spiro atoms. The molecule has 1 aromatic heterocycles. The van der Waals surface area contributed by atoms with Gasteiger partial charge in [-0.05, 0) is 20.8 Å². The quantitative estimate of drug-likeness (QED) is 0.704. The first-order valence-electron chi connectivity index (χ1n) is 5.63. The molecular formula is C11H19N5O. The summed E-state index contributed by atoms with van der Waals surface area (Å²) < 4.78 is 0. The number of nitrogens with zero attached hydrogens (tertiary/aromatic N) is 2. The number of likely N-dealkylation sites (N-methyl/N-ethyl adjacent to an activating group) is 1. The van der Waals surface area contributed by atoms with Gasteiger partial charge in [-0.3, -0.25) is 4.79 Å². The molecule has 0 aliphatic heterocycles. The maximum Gasteiger partial charge on any atom is 0.242 e. The Balaban J connectivity index is 2.78. The normalized spacial score (nSPS) is 11.8. The number of amides is 1. The first kappa shape index (κ1) is 13.2. The molecule has 0 bridgehead atoms. The smallest absolute Gasteiger partial charge is 0.242 e. The average molecular weight is 237 g/mol. The van der Waals surface area contributed by atoms with Crippen LogP contribution in [0.5, 0.6) is 0 Å². The van der Waals surface area contributed by atoms with E-state index in [0.717, 1.165) is 11.4 Å². The summed E-state index contributed by atoms with van der Waals surface area (Å²) in [5.41, 5.74) is 0.895. The summed E-state index contributed by atoms with van der Waals surface area (Å²) >= 11 is 0. The van der Waals surface area contributed by atoms with Crippen LogP contribution in [0, 0.1) is 6.92 Å². The minimum atomic E-state index is -0.326. The SMILES string of the molecule is CCNC(=O)C(C)Nc1ncnc(NC)c1C. The molecule has 0 saturated carbocycles. The fourth-order valence-corrected chi connectivity index (χ4v) is 1.45. The Morgan fingerprint density at radius 1 is 1.41 bits per heavy atom. The van der Waals surface area contributed by atoms with Gasteiger partial charge in [-0.1, -0.05) is 0 Å². The van der Waals surface area contributed by atoms with Crippen molar-refractivity contribution in [2.45, 2.75) is 26.8 Å². The highest BCUT2D eigenvalue weighted by molar-refractivity contribution is 5.84. The Hall–Kier alpha value is -1.85. The van der Waals surface area contributed by atoms with Crippen LogP contribution in [0.25, 0.3) is 0 Å². The molecule has 1 aromatic rings. The van der Waals surface area contributed by atoms with Crippen molar-refractivity contribution in [1.82, 2.24) is 15.3 Å². The maximum atomic E-state index is 11.6. The Bertz CT molecular complexity index is 393. The third-order valence-electron chi connectivity index (χ3n) is 2.42. The van der Waals surface area contributed by atoms with Crippen molar-refractivity contribution < 1.29 is 4.79 Å². The van der Waals surface area contributed by atoms with Crippen molar-refractivity contribution in [2.24, 2.45) is 0 Å². The first-order valence-corrected chi connectivity index (χ1v) is 5.63. The molecular weight excluding hydrogens is 218 g/mol. The second-order valence-electron chi connectivity index (χ2n) is 3.71. The summed E-state index contributed by atoms with van der Waals surface area (Å²) in [6.07, 6.45) is 1.46. The molecule has 1 rings (SSSR count). The zero-order valence-electron chi connectivity index (χ0n) is 10.7. The Morgan fingerprint density at radius 3 is 2.65 bits per heavy atom.